The van der Waals surface area contributed by atoms with Gasteiger partial charge in [-0.1, -0.05) is 13.8 Å². The summed E-state index contributed by atoms with van der Waals surface area (Å²) < 4.78 is 0.952. The van der Waals surface area contributed by atoms with Crippen molar-refractivity contribution in [3.63, 3.8) is 0 Å². The normalized spacial score (nSPS) is 10.7. The zero-order valence-corrected chi connectivity index (χ0v) is 9.54. The van der Waals surface area contributed by atoms with Gasteiger partial charge in [0, 0.05) is 12.0 Å². The molecule has 0 fully saturated rings. The summed E-state index contributed by atoms with van der Waals surface area (Å²) in [7, 11) is 0. The second kappa shape index (κ2) is 4.19. The molecule has 1 nitrogen and oxygen atoms in total. The maximum atomic E-state index is 11.5. The summed E-state index contributed by atoms with van der Waals surface area (Å²) in [5, 5.41) is 1.93. The first-order valence-corrected chi connectivity index (χ1v) is 5.54. The number of carbonyl (C=O) groups excluding carboxylic acids is 1. The summed E-state index contributed by atoms with van der Waals surface area (Å²) in [6.45, 7) is 4.11. The number of rotatable bonds is 3. The van der Waals surface area contributed by atoms with E-state index in [1.54, 1.807) is 11.3 Å². The SMILES string of the molecule is CC(C)CC(=O)c1ccsc1Br. The number of Topliss-reactive ketones (excluding diaryl/α,β-unsaturated/α-hetero) is 1. The van der Waals surface area contributed by atoms with Gasteiger partial charge in [-0.15, -0.1) is 11.3 Å². The van der Waals surface area contributed by atoms with Crippen molar-refractivity contribution in [2.24, 2.45) is 5.92 Å². The van der Waals surface area contributed by atoms with Crippen LogP contribution in [0.3, 0.4) is 0 Å². The van der Waals surface area contributed by atoms with Gasteiger partial charge in [0.05, 0.1) is 3.79 Å². The Labute approximate surface area is 84.9 Å². The Morgan fingerprint density at radius 1 is 1.67 bits per heavy atom. The number of halogens is 1. The predicted octanol–water partition coefficient (Wildman–Crippen LogP) is 3.74. The molecule has 0 aromatic carbocycles. The fraction of sp³-hybridized carbons (Fsp3) is 0.444. The van der Waals surface area contributed by atoms with Gasteiger partial charge in [0.2, 0.25) is 0 Å². The third-order valence-corrected chi connectivity index (χ3v) is 3.20. The van der Waals surface area contributed by atoms with E-state index >= 15 is 0 Å². The summed E-state index contributed by atoms with van der Waals surface area (Å²) in [6.07, 6.45) is 0.634. The van der Waals surface area contributed by atoms with Gasteiger partial charge in [0.15, 0.2) is 5.78 Å². The van der Waals surface area contributed by atoms with Gasteiger partial charge in [-0.3, -0.25) is 4.79 Å². The minimum Gasteiger partial charge on any atom is -0.294 e. The van der Waals surface area contributed by atoms with Crippen molar-refractivity contribution in [1.82, 2.24) is 0 Å². The highest BCUT2D eigenvalue weighted by atomic mass is 79.9. The number of hydrogen-bond donors (Lipinski definition) is 0. The molecule has 0 aliphatic carbocycles. The van der Waals surface area contributed by atoms with Crippen LogP contribution in [0.15, 0.2) is 15.2 Å². The Balaban J connectivity index is 2.72. The first kappa shape index (κ1) is 9.93. The minimum atomic E-state index is 0.234. The molecule has 0 radical (unpaired) electrons. The first-order chi connectivity index (χ1) is 5.61. The fourth-order valence-electron chi connectivity index (χ4n) is 0.974. The van der Waals surface area contributed by atoms with Crippen molar-refractivity contribution in [3.05, 3.63) is 20.8 Å². The molecule has 0 saturated heterocycles. The second-order valence-electron chi connectivity index (χ2n) is 3.13. The van der Waals surface area contributed by atoms with Gasteiger partial charge in [-0.2, -0.15) is 0 Å². The lowest BCUT2D eigenvalue weighted by molar-refractivity contribution is 0.0967. The molecule has 0 saturated carbocycles. The summed E-state index contributed by atoms with van der Waals surface area (Å²) in [6, 6.07) is 1.87. The molecule has 1 aromatic heterocycles. The van der Waals surface area contributed by atoms with Gasteiger partial charge in [0.1, 0.15) is 0 Å². The molecule has 0 bridgehead atoms. The molecule has 1 rings (SSSR count). The minimum absolute atomic E-state index is 0.234. The van der Waals surface area contributed by atoms with E-state index in [-0.39, 0.29) is 5.78 Å². The molecule has 1 heterocycles. The topological polar surface area (TPSA) is 17.1 Å². The van der Waals surface area contributed by atoms with Crippen molar-refractivity contribution in [1.29, 1.82) is 0 Å². The number of ketones is 1. The van der Waals surface area contributed by atoms with E-state index in [1.165, 1.54) is 0 Å². The van der Waals surface area contributed by atoms with E-state index in [0.29, 0.717) is 12.3 Å². The van der Waals surface area contributed by atoms with E-state index in [9.17, 15) is 4.79 Å². The lowest BCUT2D eigenvalue weighted by atomic mass is 10.0. The van der Waals surface area contributed by atoms with Crippen LogP contribution in [0.1, 0.15) is 30.6 Å². The van der Waals surface area contributed by atoms with Crippen LogP contribution in [0.4, 0.5) is 0 Å². The summed E-state index contributed by atoms with van der Waals surface area (Å²) in [5.41, 5.74) is 0.828. The molecule has 3 heteroatoms. The van der Waals surface area contributed by atoms with E-state index in [4.69, 9.17) is 0 Å². The van der Waals surface area contributed by atoms with Crippen LogP contribution in [0.5, 0.6) is 0 Å². The molecule has 0 spiro atoms. The third-order valence-electron chi connectivity index (χ3n) is 1.51. The molecule has 1 aromatic rings. The molecular formula is C9H11BrOS. The van der Waals surface area contributed by atoms with Gasteiger partial charge in [0.25, 0.3) is 0 Å². The van der Waals surface area contributed by atoms with Crippen molar-refractivity contribution >= 4 is 33.0 Å². The molecule has 0 aliphatic rings. The Morgan fingerprint density at radius 3 is 2.75 bits per heavy atom. The van der Waals surface area contributed by atoms with E-state index in [1.807, 2.05) is 11.4 Å². The highest BCUT2D eigenvalue weighted by molar-refractivity contribution is 9.11. The van der Waals surface area contributed by atoms with Crippen LogP contribution in [0.25, 0.3) is 0 Å². The molecule has 12 heavy (non-hydrogen) atoms. The van der Waals surface area contributed by atoms with E-state index in [0.717, 1.165) is 9.35 Å². The van der Waals surface area contributed by atoms with Gasteiger partial charge >= 0.3 is 0 Å². The van der Waals surface area contributed by atoms with Gasteiger partial charge < -0.3 is 0 Å². The van der Waals surface area contributed by atoms with Crippen LogP contribution >= 0.6 is 27.3 Å². The number of thiophene rings is 1. The van der Waals surface area contributed by atoms with Gasteiger partial charge in [-0.25, -0.2) is 0 Å². The highest BCUT2D eigenvalue weighted by Gasteiger charge is 2.11. The number of carbonyl (C=O) groups is 1. The Bertz CT molecular complexity index is 278. The lowest BCUT2D eigenvalue weighted by Gasteiger charge is -2.01. The summed E-state index contributed by atoms with van der Waals surface area (Å²) >= 11 is 4.91. The van der Waals surface area contributed by atoms with Crippen molar-refractivity contribution in [2.45, 2.75) is 20.3 Å². The van der Waals surface area contributed by atoms with Crippen molar-refractivity contribution in [3.8, 4) is 0 Å². The van der Waals surface area contributed by atoms with Crippen LogP contribution in [-0.2, 0) is 0 Å². The zero-order chi connectivity index (χ0) is 9.14. The quantitative estimate of drug-likeness (QED) is 0.743. The highest BCUT2D eigenvalue weighted by Crippen LogP contribution is 2.25. The maximum absolute atomic E-state index is 11.5. The Kier molecular flexibility index (Phi) is 3.47. The third kappa shape index (κ3) is 2.42. The molecule has 0 N–H and O–H groups in total. The average Bonchev–Trinajstić information content (AvgIpc) is 2.33. The van der Waals surface area contributed by atoms with Crippen LogP contribution in [0.2, 0.25) is 0 Å². The molecule has 0 aliphatic heterocycles. The number of hydrogen-bond acceptors (Lipinski definition) is 2. The molecule has 0 unspecified atom stereocenters. The average molecular weight is 247 g/mol. The van der Waals surface area contributed by atoms with Gasteiger partial charge in [-0.05, 0) is 33.3 Å². The molecule has 66 valence electrons. The first-order valence-electron chi connectivity index (χ1n) is 3.87. The molecular weight excluding hydrogens is 236 g/mol. The summed E-state index contributed by atoms with van der Waals surface area (Å²) in [4.78, 5) is 11.5. The zero-order valence-electron chi connectivity index (χ0n) is 7.13. The monoisotopic (exact) mass is 246 g/mol. The van der Waals surface area contributed by atoms with Crippen LogP contribution in [0, 0.1) is 5.92 Å². The summed E-state index contributed by atoms with van der Waals surface area (Å²) in [5.74, 6) is 0.669. The smallest absolute Gasteiger partial charge is 0.165 e. The van der Waals surface area contributed by atoms with Crippen molar-refractivity contribution < 1.29 is 4.79 Å². The Morgan fingerprint density at radius 2 is 2.33 bits per heavy atom. The molecule has 0 amide bonds. The van der Waals surface area contributed by atoms with Crippen LogP contribution in [-0.4, -0.2) is 5.78 Å². The standard InChI is InChI=1S/C9H11BrOS/c1-6(2)5-8(11)7-3-4-12-9(7)10/h3-4,6H,5H2,1-2H3. The lowest BCUT2D eigenvalue weighted by Crippen LogP contribution is -2.02. The van der Waals surface area contributed by atoms with Crippen molar-refractivity contribution in [2.75, 3.05) is 0 Å². The maximum Gasteiger partial charge on any atom is 0.165 e. The second-order valence-corrected chi connectivity index (χ2v) is 5.36. The van der Waals surface area contributed by atoms with E-state index in [2.05, 4.69) is 29.8 Å². The molecule has 0 atom stereocenters. The van der Waals surface area contributed by atoms with Crippen LogP contribution < -0.4 is 0 Å². The predicted molar refractivity (Wildman–Crippen MR) is 55.8 cm³/mol. The van der Waals surface area contributed by atoms with E-state index < -0.39 is 0 Å². The Hall–Kier alpha value is -0.150. The fourth-order valence-corrected chi connectivity index (χ4v) is 2.28. The largest absolute Gasteiger partial charge is 0.294 e.